The number of amides is 1. The molecule has 0 radical (unpaired) electrons. The predicted octanol–water partition coefficient (Wildman–Crippen LogP) is 4.90. The van der Waals surface area contributed by atoms with Gasteiger partial charge in [0.2, 0.25) is 0 Å². The van der Waals surface area contributed by atoms with Gasteiger partial charge in [-0.1, -0.05) is 11.6 Å². The number of benzene rings is 1. The molecule has 3 aromatic rings. The van der Waals surface area contributed by atoms with E-state index in [1.54, 1.807) is 38.4 Å². The van der Waals surface area contributed by atoms with Gasteiger partial charge in [0.15, 0.2) is 5.16 Å². The van der Waals surface area contributed by atoms with E-state index in [1.807, 2.05) is 0 Å². The van der Waals surface area contributed by atoms with Gasteiger partial charge < -0.3 is 14.6 Å². The van der Waals surface area contributed by atoms with Gasteiger partial charge in [-0.2, -0.15) is 13.2 Å². The lowest BCUT2D eigenvalue weighted by molar-refractivity contribution is -0.137. The first-order chi connectivity index (χ1) is 13.7. The van der Waals surface area contributed by atoms with Crippen LogP contribution >= 0.6 is 23.4 Å². The Morgan fingerprint density at radius 3 is 2.48 bits per heavy atom. The van der Waals surface area contributed by atoms with Crippen molar-refractivity contribution >= 4 is 35.0 Å². The Labute approximate surface area is 173 Å². The molecule has 1 amide bonds. The van der Waals surface area contributed by atoms with Crippen molar-refractivity contribution in [1.29, 1.82) is 0 Å². The molecular weight excluding hydrogens is 429 g/mol. The van der Waals surface area contributed by atoms with Gasteiger partial charge in [0.25, 0.3) is 5.91 Å². The summed E-state index contributed by atoms with van der Waals surface area (Å²) in [6, 6.07) is 7.59. The number of carbonyl (C=O) groups is 1. The van der Waals surface area contributed by atoms with Crippen molar-refractivity contribution in [3.63, 3.8) is 0 Å². The van der Waals surface area contributed by atoms with Gasteiger partial charge in [-0.05, 0) is 42.1 Å². The first kappa shape index (κ1) is 21.0. The highest BCUT2D eigenvalue weighted by Gasteiger charge is 2.31. The molecular formula is C18H14ClF3N4O2S. The number of aromatic nitrogens is 3. The number of nitrogens with one attached hydrogen (secondary N) is 1. The van der Waals surface area contributed by atoms with E-state index in [0.29, 0.717) is 22.8 Å². The molecule has 3 rings (SSSR count). The Balaban J connectivity index is 1.76. The first-order valence-corrected chi connectivity index (χ1v) is 9.26. The normalized spacial score (nSPS) is 11.4. The summed E-state index contributed by atoms with van der Waals surface area (Å²) >= 11 is 6.88. The smallest absolute Gasteiger partial charge is 0.417 e. The maximum absolute atomic E-state index is 12.7. The number of alkyl halides is 3. The number of pyridine rings is 1. The molecule has 0 spiro atoms. The zero-order valence-corrected chi connectivity index (χ0v) is 16.7. The molecule has 0 aliphatic heterocycles. The van der Waals surface area contributed by atoms with E-state index in [4.69, 9.17) is 16.3 Å². The topological polar surface area (TPSA) is 69.0 Å². The lowest BCUT2D eigenvalue weighted by atomic mass is 10.3. The van der Waals surface area contributed by atoms with Crippen LogP contribution in [0.2, 0.25) is 5.02 Å². The molecule has 2 heterocycles. The second-order valence-corrected chi connectivity index (χ2v) is 7.14. The standard InChI is InChI=1S/C18H14ClF3N4O2S/c1-26-14(15(27)25-11-3-5-12(28-2)6-4-11)9-24-17(26)29-16-13(19)7-10(8-23-16)18(20,21)22/h3-9H,1-2H3,(H,25,27). The number of imidazole rings is 1. The van der Waals surface area contributed by atoms with Crippen LogP contribution in [-0.4, -0.2) is 27.6 Å². The Kier molecular flexibility index (Phi) is 6.04. The number of hydrogen-bond donors (Lipinski definition) is 1. The van der Waals surface area contributed by atoms with Crippen molar-refractivity contribution < 1.29 is 22.7 Å². The number of halogens is 4. The SMILES string of the molecule is COc1ccc(NC(=O)c2cnc(Sc3ncc(C(F)(F)F)cc3Cl)n2C)cc1. The number of methoxy groups -OCH3 is 1. The summed E-state index contributed by atoms with van der Waals surface area (Å²) in [6.07, 6.45) is -2.47. The van der Waals surface area contributed by atoms with Crippen LogP contribution in [0, 0.1) is 0 Å². The third-order valence-corrected chi connectivity index (χ3v) is 5.33. The highest BCUT2D eigenvalue weighted by molar-refractivity contribution is 7.99. The predicted molar refractivity (Wildman–Crippen MR) is 103 cm³/mol. The fraction of sp³-hybridized carbons (Fsp3) is 0.167. The first-order valence-electron chi connectivity index (χ1n) is 8.06. The number of nitrogens with zero attached hydrogens (tertiary/aromatic N) is 3. The minimum atomic E-state index is -4.53. The lowest BCUT2D eigenvalue weighted by Crippen LogP contribution is -2.15. The summed E-state index contributed by atoms with van der Waals surface area (Å²) in [5, 5.41) is 3.07. The van der Waals surface area contributed by atoms with E-state index in [9.17, 15) is 18.0 Å². The van der Waals surface area contributed by atoms with Crippen molar-refractivity contribution in [2.45, 2.75) is 16.4 Å². The molecule has 2 aromatic heterocycles. The molecule has 6 nitrogen and oxygen atoms in total. The molecule has 0 saturated heterocycles. The van der Waals surface area contributed by atoms with Gasteiger partial charge in [0.05, 0.1) is 23.9 Å². The van der Waals surface area contributed by atoms with Gasteiger partial charge in [0, 0.05) is 18.9 Å². The van der Waals surface area contributed by atoms with E-state index in [0.717, 1.165) is 17.8 Å². The fourth-order valence-electron chi connectivity index (χ4n) is 2.31. The number of hydrogen-bond acceptors (Lipinski definition) is 5. The van der Waals surface area contributed by atoms with E-state index >= 15 is 0 Å². The molecule has 1 aromatic carbocycles. The number of anilines is 1. The van der Waals surface area contributed by atoms with E-state index in [2.05, 4.69) is 15.3 Å². The summed E-state index contributed by atoms with van der Waals surface area (Å²) in [5.41, 5.74) is -0.115. The zero-order chi connectivity index (χ0) is 21.2. The summed E-state index contributed by atoms with van der Waals surface area (Å²) in [4.78, 5) is 20.4. The van der Waals surface area contributed by atoms with Gasteiger partial charge >= 0.3 is 6.18 Å². The quantitative estimate of drug-likeness (QED) is 0.608. The monoisotopic (exact) mass is 442 g/mol. The average molecular weight is 443 g/mol. The largest absolute Gasteiger partial charge is 0.497 e. The zero-order valence-electron chi connectivity index (χ0n) is 15.1. The molecule has 0 saturated carbocycles. The van der Waals surface area contributed by atoms with Crippen LogP contribution in [0.25, 0.3) is 0 Å². The van der Waals surface area contributed by atoms with Crippen LogP contribution in [0.1, 0.15) is 16.1 Å². The molecule has 152 valence electrons. The minimum Gasteiger partial charge on any atom is -0.497 e. The highest BCUT2D eigenvalue weighted by atomic mass is 35.5. The molecule has 0 unspecified atom stereocenters. The maximum Gasteiger partial charge on any atom is 0.417 e. The van der Waals surface area contributed by atoms with Crippen LogP contribution in [0.3, 0.4) is 0 Å². The van der Waals surface area contributed by atoms with Gasteiger partial charge in [-0.3, -0.25) is 4.79 Å². The highest BCUT2D eigenvalue weighted by Crippen LogP contribution is 2.36. The Morgan fingerprint density at radius 1 is 1.21 bits per heavy atom. The molecule has 0 atom stereocenters. The van der Waals surface area contributed by atoms with E-state index in [1.165, 1.54) is 10.8 Å². The molecule has 11 heteroatoms. The van der Waals surface area contributed by atoms with E-state index in [-0.39, 0.29) is 15.7 Å². The Hall–Kier alpha value is -2.72. The molecule has 0 fully saturated rings. The van der Waals surface area contributed by atoms with Crippen LogP contribution in [0.4, 0.5) is 18.9 Å². The second kappa shape index (κ2) is 8.34. The van der Waals surface area contributed by atoms with Crippen LogP contribution in [0.15, 0.2) is 52.9 Å². The molecule has 0 aliphatic carbocycles. The summed E-state index contributed by atoms with van der Waals surface area (Å²) in [6.45, 7) is 0. The van der Waals surface area contributed by atoms with Crippen LogP contribution < -0.4 is 10.1 Å². The Morgan fingerprint density at radius 2 is 1.90 bits per heavy atom. The van der Waals surface area contributed by atoms with Crippen molar-refractivity contribution in [2.24, 2.45) is 7.05 Å². The molecule has 0 aliphatic rings. The van der Waals surface area contributed by atoms with Crippen molar-refractivity contribution in [2.75, 3.05) is 12.4 Å². The number of carbonyl (C=O) groups excluding carboxylic acids is 1. The van der Waals surface area contributed by atoms with Crippen molar-refractivity contribution in [3.8, 4) is 5.75 Å². The Bertz CT molecular complexity index is 1040. The van der Waals surface area contributed by atoms with Crippen molar-refractivity contribution in [3.05, 3.63) is 59.0 Å². The van der Waals surface area contributed by atoms with Gasteiger partial charge in [0.1, 0.15) is 16.5 Å². The fourth-order valence-corrected chi connectivity index (χ4v) is 3.37. The van der Waals surface area contributed by atoms with Gasteiger partial charge in [-0.15, -0.1) is 0 Å². The molecule has 1 N–H and O–H groups in total. The third-order valence-electron chi connectivity index (χ3n) is 3.85. The second-order valence-electron chi connectivity index (χ2n) is 5.78. The maximum atomic E-state index is 12.7. The van der Waals surface area contributed by atoms with E-state index < -0.39 is 17.6 Å². The summed E-state index contributed by atoms with van der Waals surface area (Å²) < 4.78 is 44.8. The van der Waals surface area contributed by atoms with Crippen LogP contribution in [0.5, 0.6) is 5.75 Å². The molecule has 0 bridgehead atoms. The number of ether oxygens (including phenoxy) is 1. The van der Waals surface area contributed by atoms with Gasteiger partial charge in [-0.25, -0.2) is 9.97 Å². The number of rotatable bonds is 5. The minimum absolute atomic E-state index is 0.149. The summed E-state index contributed by atoms with van der Waals surface area (Å²) in [5.74, 6) is 0.256. The summed E-state index contributed by atoms with van der Waals surface area (Å²) in [7, 11) is 3.15. The average Bonchev–Trinajstić information content (AvgIpc) is 3.03. The third kappa shape index (κ3) is 4.83. The van der Waals surface area contributed by atoms with Crippen molar-refractivity contribution in [1.82, 2.24) is 14.5 Å². The molecule has 29 heavy (non-hydrogen) atoms. The lowest BCUT2D eigenvalue weighted by Gasteiger charge is -2.09. The van der Waals surface area contributed by atoms with Crippen LogP contribution in [-0.2, 0) is 13.2 Å².